The number of carboxylic acid groups (broad SMARTS) is 1. The molecule has 0 amide bonds. The molecule has 1 aliphatic heterocycles. The largest absolute Gasteiger partial charge is 0.479 e. The number of allylic oxidation sites excluding steroid dienone is 18. The number of aliphatic hydroxyl groups excluding tert-OH is 2. The van der Waals surface area contributed by atoms with Gasteiger partial charge in [0.25, 0.3) is 0 Å². The highest BCUT2D eigenvalue weighted by Crippen LogP contribution is 2.26. The maximum absolute atomic E-state index is 13.1. The van der Waals surface area contributed by atoms with Crippen LogP contribution in [0.5, 0.6) is 0 Å². The Bertz CT molecular complexity index is 1690. The van der Waals surface area contributed by atoms with Crippen molar-refractivity contribution in [3.63, 3.8) is 0 Å². The molecule has 1 rings (SSSR count). The van der Waals surface area contributed by atoms with Gasteiger partial charge in [-0.25, -0.2) is 4.79 Å². The number of aliphatic carboxylic acids is 1. The number of rotatable bonds is 45. The fraction of sp³-hybridized carbons (Fsp3) is 0.639. The molecule has 6 unspecified atom stereocenters. The first kappa shape index (κ1) is 66.4. The lowest BCUT2D eigenvalue weighted by atomic mass is 9.98. The van der Waals surface area contributed by atoms with E-state index in [0.717, 1.165) is 122 Å². The van der Waals surface area contributed by atoms with Gasteiger partial charge in [-0.05, 0) is 103 Å². The van der Waals surface area contributed by atoms with Crippen molar-refractivity contribution >= 4 is 23.9 Å². The quantitative estimate of drug-likeness (QED) is 0.0228. The first-order valence-corrected chi connectivity index (χ1v) is 27.9. The lowest BCUT2D eigenvalue weighted by Gasteiger charge is -2.40. The molecule has 1 saturated heterocycles. The van der Waals surface area contributed by atoms with Gasteiger partial charge in [-0.3, -0.25) is 14.4 Å². The third-order valence-electron chi connectivity index (χ3n) is 11.8. The summed E-state index contributed by atoms with van der Waals surface area (Å²) < 4.78 is 28.2. The SMILES string of the molecule is CC/C=C\C/C=C\C/C=C\C/C=C\CCCCCCCCC(=O)OCC(COC1OC(C(=O)O)C(O)C(O)C1OC(=O)CCCCCCC/C=C\CCCC)OC(=O)CC/C=C\C/C=C\C/C=C\C/C=C\CC. The van der Waals surface area contributed by atoms with Crippen molar-refractivity contribution in [2.24, 2.45) is 0 Å². The summed E-state index contributed by atoms with van der Waals surface area (Å²) in [6.45, 7) is 5.61. The number of carboxylic acids is 1. The van der Waals surface area contributed by atoms with E-state index in [9.17, 15) is 34.5 Å². The molecule has 0 aromatic rings. The third kappa shape index (κ3) is 38.6. The molecule has 0 spiro atoms. The van der Waals surface area contributed by atoms with Crippen LogP contribution >= 0.6 is 0 Å². The summed E-state index contributed by atoms with van der Waals surface area (Å²) in [5.74, 6) is -3.28. The molecule has 1 heterocycles. The van der Waals surface area contributed by atoms with Crippen molar-refractivity contribution in [2.75, 3.05) is 13.2 Å². The summed E-state index contributed by atoms with van der Waals surface area (Å²) in [5.41, 5.74) is 0. The number of unbranched alkanes of at least 4 members (excludes halogenated alkanes) is 13. The fourth-order valence-corrected chi connectivity index (χ4v) is 7.59. The summed E-state index contributed by atoms with van der Waals surface area (Å²) in [6, 6.07) is 0. The van der Waals surface area contributed by atoms with Gasteiger partial charge >= 0.3 is 23.9 Å². The Morgan fingerprint density at radius 3 is 1.38 bits per heavy atom. The maximum atomic E-state index is 13.1. The predicted molar refractivity (Wildman–Crippen MR) is 294 cm³/mol. The van der Waals surface area contributed by atoms with Crippen LogP contribution in [0, 0.1) is 0 Å². The molecule has 0 bridgehead atoms. The van der Waals surface area contributed by atoms with Gasteiger partial charge in [-0.15, -0.1) is 0 Å². The number of ether oxygens (including phenoxy) is 5. The van der Waals surface area contributed by atoms with Gasteiger partial charge < -0.3 is 39.0 Å². The van der Waals surface area contributed by atoms with Gasteiger partial charge in [0.2, 0.25) is 0 Å². The Balaban J connectivity index is 2.74. The van der Waals surface area contributed by atoms with E-state index in [-0.39, 0.29) is 25.9 Å². The summed E-state index contributed by atoms with van der Waals surface area (Å²) in [7, 11) is 0. The monoisotopic (exact) mass is 1020 g/mol. The van der Waals surface area contributed by atoms with Gasteiger partial charge in [-0.1, -0.05) is 188 Å². The second-order valence-electron chi connectivity index (χ2n) is 18.4. The third-order valence-corrected chi connectivity index (χ3v) is 11.8. The first-order valence-electron chi connectivity index (χ1n) is 27.9. The van der Waals surface area contributed by atoms with Gasteiger partial charge in [0.1, 0.15) is 18.8 Å². The minimum absolute atomic E-state index is 0.0321. The van der Waals surface area contributed by atoms with E-state index in [1.165, 1.54) is 12.8 Å². The molecular weight excluding hydrogens is 925 g/mol. The van der Waals surface area contributed by atoms with E-state index >= 15 is 0 Å². The highest BCUT2D eigenvalue weighted by molar-refractivity contribution is 5.74. The number of hydrogen-bond donors (Lipinski definition) is 3. The molecule has 0 aromatic carbocycles. The van der Waals surface area contributed by atoms with Crippen molar-refractivity contribution in [3.05, 3.63) is 109 Å². The molecule has 0 aromatic heterocycles. The molecule has 12 nitrogen and oxygen atoms in total. The van der Waals surface area contributed by atoms with E-state index < -0.39 is 67.3 Å². The van der Waals surface area contributed by atoms with Crippen LogP contribution in [0.25, 0.3) is 0 Å². The molecule has 6 atom stereocenters. The second-order valence-corrected chi connectivity index (χ2v) is 18.4. The Kier molecular flexibility index (Phi) is 44.0. The Morgan fingerprint density at radius 2 is 0.890 bits per heavy atom. The van der Waals surface area contributed by atoms with E-state index in [1.807, 2.05) is 12.2 Å². The minimum Gasteiger partial charge on any atom is -0.479 e. The van der Waals surface area contributed by atoms with Crippen molar-refractivity contribution in [1.82, 2.24) is 0 Å². The zero-order chi connectivity index (χ0) is 53.3. The zero-order valence-corrected chi connectivity index (χ0v) is 45.1. The number of carbonyl (C=O) groups excluding carboxylic acids is 3. The molecule has 1 aliphatic rings. The molecule has 0 aliphatic carbocycles. The smallest absolute Gasteiger partial charge is 0.335 e. The molecule has 0 saturated carbocycles. The van der Waals surface area contributed by atoms with E-state index in [4.69, 9.17) is 23.7 Å². The van der Waals surface area contributed by atoms with E-state index in [1.54, 1.807) is 0 Å². The average Bonchev–Trinajstić information content (AvgIpc) is 3.37. The average molecular weight is 1020 g/mol. The van der Waals surface area contributed by atoms with Crippen LogP contribution in [-0.4, -0.2) is 89.2 Å². The Hall–Kier alpha value is -4.62. The highest BCUT2D eigenvalue weighted by atomic mass is 16.7. The van der Waals surface area contributed by atoms with Crippen LogP contribution in [0.15, 0.2) is 109 Å². The molecule has 73 heavy (non-hydrogen) atoms. The van der Waals surface area contributed by atoms with Crippen molar-refractivity contribution in [3.8, 4) is 0 Å². The molecule has 412 valence electrons. The molecular formula is C61H96O12. The first-order chi connectivity index (χ1) is 35.6. The van der Waals surface area contributed by atoms with E-state index in [2.05, 4.69) is 118 Å². The Morgan fingerprint density at radius 1 is 0.466 bits per heavy atom. The van der Waals surface area contributed by atoms with Gasteiger partial charge in [0.15, 0.2) is 24.6 Å². The molecule has 1 fully saturated rings. The van der Waals surface area contributed by atoms with Crippen LogP contribution in [0.1, 0.15) is 201 Å². The van der Waals surface area contributed by atoms with Gasteiger partial charge in [0.05, 0.1) is 6.61 Å². The number of carbonyl (C=O) groups is 4. The lowest BCUT2D eigenvalue weighted by Crippen LogP contribution is -2.61. The summed E-state index contributed by atoms with van der Waals surface area (Å²) >= 11 is 0. The van der Waals surface area contributed by atoms with Crippen molar-refractivity contribution in [1.29, 1.82) is 0 Å². The van der Waals surface area contributed by atoms with Crippen molar-refractivity contribution < 1.29 is 58.2 Å². The second kappa shape index (κ2) is 48.3. The fourth-order valence-electron chi connectivity index (χ4n) is 7.59. The minimum atomic E-state index is -1.92. The summed E-state index contributed by atoms with van der Waals surface area (Å²) in [4.78, 5) is 50.9. The van der Waals surface area contributed by atoms with Gasteiger partial charge in [-0.2, -0.15) is 0 Å². The maximum Gasteiger partial charge on any atom is 0.335 e. The zero-order valence-electron chi connectivity index (χ0n) is 45.1. The van der Waals surface area contributed by atoms with Crippen LogP contribution in [-0.2, 0) is 42.9 Å². The molecule has 3 N–H and O–H groups in total. The van der Waals surface area contributed by atoms with Crippen LogP contribution < -0.4 is 0 Å². The van der Waals surface area contributed by atoms with Crippen LogP contribution in [0.3, 0.4) is 0 Å². The van der Waals surface area contributed by atoms with Crippen LogP contribution in [0.4, 0.5) is 0 Å². The van der Waals surface area contributed by atoms with Crippen molar-refractivity contribution in [2.45, 2.75) is 237 Å². The number of hydrogen-bond acceptors (Lipinski definition) is 11. The Labute approximate surface area is 440 Å². The highest BCUT2D eigenvalue weighted by Gasteiger charge is 2.50. The normalized spacial score (nSPS) is 19.2. The predicted octanol–water partition coefficient (Wildman–Crippen LogP) is 13.9. The lowest BCUT2D eigenvalue weighted by molar-refractivity contribution is -0.301. The summed E-state index contributed by atoms with van der Waals surface area (Å²) in [5, 5.41) is 31.4. The van der Waals surface area contributed by atoms with E-state index in [0.29, 0.717) is 25.7 Å². The number of esters is 3. The van der Waals surface area contributed by atoms with Crippen LogP contribution in [0.2, 0.25) is 0 Å². The summed E-state index contributed by atoms with van der Waals surface area (Å²) in [6.07, 6.45) is 52.3. The molecule has 0 radical (unpaired) electrons. The number of aliphatic hydroxyl groups is 2. The standard InChI is InChI=1S/C61H96O12/c1-4-7-10-13-16-19-22-24-25-26-27-28-29-31-33-35-38-41-44-47-53(62)69-50-52(71-54(63)48-45-42-39-37-34-30-23-20-17-14-11-8-5-2)51-70-61-59(57(66)56(65)58(73-61)60(67)68)72-55(64)49-46-43-40-36-32-21-18-15-12-9-6-3/h7-8,10-11,15-20,24-25,27-28,30,34,39,42,52,56-59,61,65-66H,4-6,9,12-14,21-23,26,29,31-33,35-38,40-41,43-51H2,1-3H3,(H,67,68)/b10-7-,11-8-,18-15-,19-16-,20-17-,25-24-,28-27-,34-30-,42-39-. The topological polar surface area (TPSA) is 175 Å². The molecule has 12 heteroatoms. The van der Waals surface area contributed by atoms with Gasteiger partial charge in [0, 0.05) is 19.3 Å².